The third-order valence-corrected chi connectivity index (χ3v) is 11.4. The van der Waals surface area contributed by atoms with Gasteiger partial charge in [-0.15, -0.1) is 0 Å². The van der Waals surface area contributed by atoms with Crippen LogP contribution in [0.15, 0.2) is 0 Å². The molecule has 0 aromatic carbocycles. The molecule has 3 saturated carbocycles. The van der Waals surface area contributed by atoms with Crippen LogP contribution in [0.4, 0.5) is 0 Å². The van der Waals surface area contributed by atoms with Crippen LogP contribution >= 0.6 is 0 Å². The van der Waals surface area contributed by atoms with Gasteiger partial charge in [-0.2, -0.15) is 0 Å². The van der Waals surface area contributed by atoms with E-state index in [1.54, 1.807) is 0 Å². The molecule has 1 N–H and O–H groups in total. The van der Waals surface area contributed by atoms with Crippen molar-refractivity contribution in [2.45, 2.75) is 124 Å². The van der Waals surface area contributed by atoms with E-state index in [4.69, 9.17) is 18.9 Å². The lowest BCUT2D eigenvalue weighted by molar-refractivity contribution is -0.228. The molecule has 0 amide bonds. The molecule has 0 radical (unpaired) electrons. The molecule has 5 rings (SSSR count). The van der Waals surface area contributed by atoms with E-state index in [1.165, 1.54) is 39.5 Å². The average Bonchev–Trinajstić information content (AvgIpc) is 3.03. The SMILES string of the molecule is CC(=O)O[C@H]1O[C@H]2O[C@]1(CC(=O)O)[C@H](OC(C)=O)C[C@@H]1[C@@H]2CC[C@H]2[C@@]1(C)CCC1C(C)(C)CCC[C@@]12C. The zero-order valence-electron chi connectivity index (χ0n) is 23.2. The first-order valence-electron chi connectivity index (χ1n) is 14.1. The van der Waals surface area contributed by atoms with Gasteiger partial charge in [-0.1, -0.05) is 34.1 Å². The number of carboxylic acid groups (broad SMARTS) is 1. The molecule has 0 aromatic heterocycles. The van der Waals surface area contributed by atoms with Crippen molar-refractivity contribution in [2.24, 2.45) is 39.9 Å². The number of esters is 2. The molecular weight excluding hydrogens is 476 g/mol. The lowest BCUT2D eigenvalue weighted by atomic mass is 9.38. The summed E-state index contributed by atoms with van der Waals surface area (Å²) in [6.07, 6.45) is 5.12. The maximum atomic E-state index is 12.3. The molecule has 37 heavy (non-hydrogen) atoms. The van der Waals surface area contributed by atoms with E-state index in [0.717, 1.165) is 19.3 Å². The summed E-state index contributed by atoms with van der Waals surface area (Å²) >= 11 is 0. The molecule has 2 heterocycles. The van der Waals surface area contributed by atoms with Crippen molar-refractivity contribution in [3.8, 4) is 0 Å². The Bertz CT molecular complexity index is 962. The summed E-state index contributed by atoms with van der Waals surface area (Å²) in [5.41, 5.74) is -1.03. The number of carbonyl (C=O) groups excluding carboxylic acids is 2. The molecule has 2 bridgehead atoms. The van der Waals surface area contributed by atoms with Crippen LogP contribution in [0, 0.1) is 39.9 Å². The summed E-state index contributed by atoms with van der Waals surface area (Å²) in [6.45, 7) is 12.4. The predicted molar refractivity (Wildman–Crippen MR) is 133 cm³/mol. The second kappa shape index (κ2) is 8.94. The van der Waals surface area contributed by atoms with Crippen molar-refractivity contribution in [3.63, 3.8) is 0 Å². The van der Waals surface area contributed by atoms with E-state index >= 15 is 0 Å². The van der Waals surface area contributed by atoms with E-state index in [0.29, 0.717) is 23.7 Å². The maximum absolute atomic E-state index is 12.3. The highest BCUT2D eigenvalue weighted by molar-refractivity contribution is 5.70. The van der Waals surface area contributed by atoms with Crippen LogP contribution in [0.5, 0.6) is 0 Å². The van der Waals surface area contributed by atoms with Crippen LogP contribution in [0.1, 0.15) is 99.3 Å². The number of hydrogen-bond donors (Lipinski definition) is 1. The number of ether oxygens (including phenoxy) is 4. The van der Waals surface area contributed by atoms with Crippen molar-refractivity contribution < 1.29 is 38.4 Å². The van der Waals surface area contributed by atoms with Crippen molar-refractivity contribution in [1.29, 1.82) is 0 Å². The van der Waals surface area contributed by atoms with Gasteiger partial charge in [0.1, 0.15) is 6.10 Å². The van der Waals surface area contributed by atoms with E-state index in [9.17, 15) is 19.5 Å². The van der Waals surface area contributed by atoms with Gasteiger partial charge in [0, 0.05) is 19.8 Å². The minimum Gasteiger partial charge on any atom is -0.481 e. The highest BCUT2D eigenvalue weighted by Gasteiger charge is 2.69. The van der Waals surface area contributed by atoms with Crippen molar-refractivity contribution in [2.75, 3.05) is 0 Å². The second-order valence-electron chi connectivity index (χ2n) is 13.8. The van der Waals surface area contributed by atoms with Crippen LogP contribution in [-0.2, 0) is 33.3 Å². The molecular formula is C29H44O8. The summed E-state index contributed by atoms with van der Waals surface area (Å²) in [4.78, 5) is 36.4. The van der Waals surface area contributed by atoms with Gasteiger partial charge in [0.05, 0.1) is 6.42 Å². The maximum Gasteiger partial charge on any atom is 0.306 e. The highest BCUT2D eigenvalue weighted by Crippen LogP contribution is 2.71. The Morgan fingerprint density at radius 2 is 1.59 bits per heavy atom. The topological polar surface area (TPSA) is 108 Å². The number of hydrogen-bond acceptors (Lipinski definition) is 7. The summed E-state index contributed by atoms with van der Waals surface area (Å²) < 4.78 is 24.0. The van der Waals surface area contributed by atoms with Crippen LogP contribution in [-0.4, -0.2) is 47.3 Å². The molecule has 5 aliphatic rings. The highest BCUT2D eigenvalue weighted by atomic mass is 16.8. The van der Waals surface area contributed by atoms with Gasteiger partial charge < -0.3 is 24.1 Å². The quantitative estimate of drug-likeness (QED) is 0.512. The number of carboxylic acids is 1. The molecule has 10 atom stereocenters. The monoisotopic (exact) mass is 520 g/mol. The van der Waals surface area contributed by atoms with Gasteiger partial charge >= 0.3 is 17.9 Å². The smallest absolute Gasteiger partial charge is 0.306 e. The Morgan fingerprint density at radius 3 is 2.24 bits per heavy atom. The molecule has 0 aromatic rings. The van der Waals surface area contributed by atoms with Gasteiger partial charge in [-0.25, -0.2) is 0 Å². The van der Waals surface area contributed by atoms with Crippen LogP contribution in [0.3, 0.4) is 0 Å². The van der Waals surface area contributed by atoms with Crippen LogP contribution in [0.2, 0.25) is 0 Å². The Balaban J connectivity index is 1.55. The Kier molecular flexibility index (Phi) is 6.50. The van der Waals surface area contributed by atoms with Gasteiger partial charge in [0.2, 0.25) is 6.29 Å². The lowest BCUT2D eigenvalue weighted by Crippen LogP contribution is -2.61. The molecule has 208 valence electrons. The molecule has 8 heteroatoms. The Morgan fingerprint density at radius 1 is 0.892 bits per heavy atom. The first-order chi connectivity index (χ1) is 17.2. The fraction of sp³-hybridized carbons (Fsp3) is 0.897. The third kappa shape index (κ3) is 4.12. The number of rotatable bonds is 4. The van der Waals surface area contributed by atoms with E-state index < -0.39 is 48.6 Å². The molecule has 2 saturated heterocycles. The largest absolute Gasteiger partial charge is 0.481 e. The van der Waals surface area contributed by atoms with E-state index in [1.807, 2.05) is 0 Å². The fourth-order valence-electron chi connectivity index (χ4n) is 10.1. The normalized spacial score (nSPS) is 48.0. The van der Waals surface area contributed by atoms with Crippen molar-refractivity contribution >= 4 is 17.9 Å². The third-order valence-electron chi connectivity index (χ3n) is 11.4. The lowest BCUT2D eigenvalue weighted by Gasteiger charge is -2.67. The molecule has 1 unspecified atom stereocenters. The first kappa shape index (κ1) is 26.9. The first-order valence-corrected chi connectivity index (χ1v) is 14.1. The molecule has 8 nitrogen and oxygen atoms in total. The van der Waals surface area contributed by atoms with Gasteiger partial charge in [0.25, 0.3) is 0 Å². The number of carbonyl (C=O) groups is 3. The molecule has 2 aliphatic heterocycles. The number of aliphatic carboxylic acids is 1. The zero-order chi connectivity index (χ0) is 27.0. The van der Waals surface area contributed by atoms with Crippen LogP contribution < -0.4 is 0 Å². The van der Waals surface area contributed by atoms with Gasteiger partial charge in [-0.3, -0.25) is 14.4 Å². The van der Waals surface area contributed by atoms with Gasteiger partial charge in [0.15, 0.2) is 11.9 Å². The molecule has 3 aliphatic carbocycles. The number of fused-ring (bicyclic) bond motifs is 8. The second-order valence-corrected chi connectivity index (χ2v) is 13.8. The average molecular weight is 521 g/mol. The molecule has 5 fully saturated rings. The molecule has 0 spiro atoms. The predicted octanol–water partition coefficient (Wildman–Crippen LogP) is 5.07. The minimum absolute atomic E-state index is 0.00675. The summed E-state index contributed by atoms with van der Waals surface area (Å²) in [5, 5.41) is 9.87. The standard InChI is InChI=1S/C29H44O8/c1-16(30)34-22-14-19-18(24-36-25(35-17(2)31)29(22,37-24)15-23(32)33)8-9-21-27(19,5)13-10-20-26(3,4)11-7-12-28(20,21)6/h18-22,24-25H,7-15H2,1-6H3,(H,32,33)/t18-,19+,20?,21-,22+,24-,25-,27-,28-,29+/m0/s1. The van der Waals surface area contributed by atoms with Crippen molar-refractivity contribution in [3.05, 3.63) is 0 Å². The summed E-state index contributed by atoms with van der Waals surface area (Å²) in [6, 6.07) is 0. The Labute approximate surface area is 220 Å². The Hall–Kier alpha value is -1.67. The minimum atomic E-state index is -1.58. The summed E-state index contributed by atoms with van der Waals surface area (Å²) in [7, 11) is 0. The summed E-state index contributed by atoms with van der Waals surface area (Å²) in [5.74, 6) is -0.883. The zero-order valence-corrected chi connectivity index (χ0v) is 23.2. The van der Waals surface area contributed by atoms with Gasteiger partial charge in [-0.05, 0) is 78.9 Å². The van der Waals surface area contributed by atoms with E-state index in [-0.39, 0.29) is 22.7 Å². The van der Waals surface area contributed by atoms with E-state index in [2.05, 4.69) is 27.7 Å². The van der Waals surface area contributed by atoms with Crippen LogP contribution in [0.25, 0.3) is 0 Å². The fourth-order valence-corrected chi connectivity index (χ4v) is 10.1. The van der Waals surface area contributed by atoms with Crippen molar-refractivity contribution in [1.82, 2.24) is 0 Å².